The summed E-state index contributed by atoms with van der Waals surface area (Å²) in [6.45, 7) is 0. The predicted octanol–water partition coefficient (Wildman–Crippen LogP) is 0.854. The highest BCUT2D eigenvalue weighted by Gasteiger charge is 2.09. The fraction of sp³-hybridized carbons (Fsp3) is 0. The summed E-state index contributed by atoms with van der Waals surface area (Å²) in [6.07, 6.45) is 2.85. The molecule has 0 spiro atoms. The summed E-state index contributed by atoms with van der Waals surface area (Å²) >= 11 is 0. The zero-order valence-corrected chi connectivity index (χ0v) is 9.21. The predicted molar refractivity (Wildman–Crippen MR) is 66.8 cm³/mol. The molecule has 18 heavy (non-hydrogen) atoms. The van der Waals surface area contributed by atoms with Crippen LogP contribution in [0.1, 0.15) is 0 Å². The molecule has 0 fully saturated rings. The lowest BCUT2D eigenvalue weighted by Crippen LogP contribution is -2.27. The van der Waals surface area contributed by atoms with Gasteiger partial charge in [0.1, 0.15) is 11.8 Å². The van der Waals surface area contributed by atoms with Crippen LogP contribution in [-0.2, 0) is 0 Å². The van der Waals surface area contributed by atoms with Gasteiger partial charge >= 0.3 is 5.69 Å². The van der Waals surface area contributed by atoms with Crippen LogP contribution in [0.5, 0.6) is 0 Å². The van der Waals surface area contributed by atoms with Gasteiger partial charge in [-0.25, -0.2) is 4.79 Å². The number of hydrogen-bond acceptors (Lipinski definition) is 4. The molecule has 0 bridgehead atoms. The van der Waals surface area contributed by atoms with Gasteiger partial charge in [0.15, 0.2) is 0 Å². The van der Waals surface area contributed by atoms with Crippen LogP contribution in [0.2, 0.25) is 0 Å². The van der Waals surface area contributed by atoms with E-state index in [2.05, 4.69) is 4.98 Å². The van der Waals surface area contributed by atoms with Crippen LogP contribution in [-0.4, -0.2) is 9.55 Å². The summed E-state index contributed by atoms with van der Waals surface area (Å²) < 4.78 is 6.63. The number of nitrogens with two attached hydrogens (primary N) is 1. The summed E-state index contributed by atoms with van der Waals surface area (Å²) in [7, 11) is 0. The van der Waals surface area contributed by atoms with Gasteiger partial charge in [0.05, 0.1) is 5.69 Å². The van der Waals surface area contributed by atoms with E-state index in [1.54, 1.807) is 18.2 Å². The molecule has 2 heterocycles. The van der Waals surface area contributed by atoms with Crippen molar-refractivity contribution in [1.29, 1.82) is 0 Å². The average molecular weight is 243 g/mol. The first kappa shape index (κ1) is 10.4. The maximum Gasteiger partial charge on any atom is 0.333 e. The number of aromatic amines is 1. The minimum Gasteiger partial charge on any atom is -0.462 e. The molecule has 1 aromatic carbocycles. The molecule has 3 aromatic rings. The molecule has 6 nitrogen and oxygen atoms in total. The number of nitrogens with zero attached hydrogens (tertiary/aromatic N) is 1. The fourth-order valence-electron chi connectivity index (χ4n) is 1.83. The Bertz CT molecular complexity index is 841. The quantitative estimate of drug-likeness (QED) is 0.619. The molecule has 0 saturated heterocycles. The van der Waals surface area contributed by atoms with Crippen LogP contribution in [0.4, 0.5) is 5.69 Å². The summed E-state index contributed by atoms with van der Waals surface area (Å²) in [5, 5.41) is 0.712. The Morgan fingerprint density at radius 2 is 2.06 bits per heavy atom. The van der Waals surface area contributed by atoms with E-state index >= 15 is 0 Å². The fourth-order valence-corrected chi connectivity index (χ4v) is 1.83. The van der Waals surface area contributed by atoms with E-state index < -0.39 is 11.2 Å². The van der Waals surface area contributed by atoms with Gasteiger partial charge in [-0.2, -0.15) is 0 Å². The van der Waals surface area contributed by atoms with Crippen molar-refractivity contribution < 1.29 is 4.42 Å². The minimum atomic E-state index is -0.521. The average Bonchev–Trinajstić information content (AvgIpc) is 2.72. The Hall–Kier alpha value is -2.76. The molecule has 0 unspecified atom stereocenters. The van der Waals surface area contributed by atoms with Gasteiger partial charge in [-0.15, -0.1) is 0 Å². The number of H-pyrrole nitrogens is 1. The van der Waals surface area contributed by atoms with Crippen LogP contribution in [0.15, 0.2) is 50.7 Å². The van der Waals surface area contributed by atoms with Crippen molar-refractivity contribution in [3.05, 3.63) is 57.6 Å². The van der Waals surface area contributed by atoms with Gasteiger partial charge in [0.2, 0.25) is 0 Å². The molecule has 0 radical (unpaired) electrons. The smallest absolute Gasteiger partial charge is 0.333 e. The van der Waals surface area contributed by atoms with Crippen molar-refractivity contribution in [2.45, 2.75) is 0 Å². The Morgan fingerprint density at radius 3 is 2.83 bits per heavy atom. The van der Waals surface area contributed by atoms with Crippen molar-refractivity contribution in [3.8, 4) is 5.69 Å². The van der Waals surface area contributed by atoms with Crippen molar-refractivity contribution >= 4 is 16.7 Å². The first-order chi connectivity index (χ1) is 8.65. The van der Waals surface area contributed by atoms with Crippen LogP contribution >= 0.6 is 0 Å². The maximum absolute atomic E-state index is 11.7. The van der Waals surface area contributed by atoms with Gasteiger partial charge in [-0.1, -0.05) is 0 Å². The van der Waals surface area contributed by atoms with E-state index in [9.17, 15) is 9.59 Å². The van der Waals surface area contributed by atoms with Gasteiger partial charge in [0, 0.05) is 23.3 Å². The van der Waals surface area contributed by atoms with Gasteiger partial charge in [-0.05, 0) is 18.2 Å². The number of nitrogens with one attached hydrogen (secondary N) is 1. The summed E-state index contributed by atoms with van der Waals surface area (Å²) in [6, 6.07) is 6.42. The zero-order valence-electron chi connectivity index (χ0n) is 9.21. The van der Waals surface area contributed by atoms with Crippen molar-refractivity contribution in [2.24, 2.45) is 0 Å². The van der Waals surface area contributed by atoms with E-state index in [0.717, 1.165) is 0 Å². The van der Waals surface area contributed by atoms with E-state index in [1.807, 2.05) is 0 Å². The number of furan rings is 1. The summed E-state index contributed by atoms with van der Waals surface area (Å²) in [4.78, 5) is 24.9. The Morgan fingerprint density at radius 1 is 1.22 bits per heavy atom. The SMILES string of the molecule is Nc1ccc2occ(-n3ccc(=O)[nH]c3=O)c2c1. The molecule has 0 amide bonds. The number of fused-ring (bicyclic) bond motifs is 1. The molecule has 3 N–H and O–H groups in total. The minimum absolute atomic E-state index is 0.441. The summed E-state index contributed by atoms with van der Waals surface area (Å²) in [5.41, 5.74) is 6.48. The Labute approximate surface area is 100 Å². The summed E-state index contributed by atoms with van der Waals surface area (Å²) in [5.74, 6) is 0. The van der Waals surface area contributed by atoms with Gasteiger partial charge in [0.25, 0.3) is 5.56 Å². The highest BCUT2D eigenvalue weighted by atomic mass is 16.3. The van der Waals surface area contributed by atoms with Gasteiger partial charge in [-0.3, -0.25) is 14.3 Å². The lowest BCUT2D eigenvalue weighted by molar-refractivity contribution is 0.612. The molecule has 6 heteroatoms. The standard InChI is InChI=1S/C12H9N3O3/c13-7-1-2-10-8(5-7)9(6-18-10)15-4-3-11(16)14-12(15)17/h1-6H,13H2,(H,14,16,17). The molecule has 0 aliphatic carbocycles. The topological polar surface area (TPSA) is 94.0 Å². The molecule has 3 rings (SSSR count). The van der Waals surface area contributed by atoms with E-state index in [4.69, 9.17) is 10.2 Å². The van der Waals surface area contributed by atoms with Crippen molar-refractivity contribution in [2.75, 3.05) is 5.73 Å². The van der Waals surface area contributed by atoms with Crippen LogP contribution in [0.25, 0.3) is 16.7 Å². The number of rotatable bonds is 1. The Balaban J connectivity index is 2.35. The van der Waals surface area contributed by atoms with E-state index in [0.29, 0.717) is 22.3 Å². The van der Waals surface area contributed by atoms with Crippen LogP contribution in [0.3, 0.4) is 0 Å². The second-order valence-corrected chi connectivity index (χ2v) is 3.86. The zero-order chi connectivity index (χ0) is 12.7. The third kappa shape index (κ3) is 1.51. The van der Waals surface area contributed by atoms with Crippen molar-refractivity contribution in [1.82, 2.24) is 9.55 Å². The highest BCUT2D eigenvalue weighted by molar-refractivity contribution is 5.88. The maximum atomic E-state index is 11.7. The molecule has 0 aliphatic rings. The highest BCUT2D eigenvalue weighted by Crippen LogP contribution is 2.25. The first-order valence-electron chi connectivity index (χ1n) is 5.24. The molecular formula is C12H9N3O3. The number of anilines is 1. The third-order valence-corrected chi connectivity index (χ3v) is 2.66. The van der Waals surface area contributed by atoms with Crippen LogP contribution in [0, 0.1) is 0 Å². The lowest BCUT2D eigenvalue weighted by Gasteiger charge is -2.01. The monoisotopic (exact) mass is 243 g/mol. The lowest BCUT2D eigenvalue weighted by atomic mass is 10.2. The number of hydrogen-bond donors (Lipinski definition) is 2. The third-order valence-electron chi connectivity index (χ3n) is 2.66. The second kappa shape index (κ2) is 3.63. The normalized spacial score (nSPS) is 10.9. The molecule has 90 valence electrons. The molecule has 2 aromatic heterocycles. The number of benzene rings is 1. The van der Waals surface area contributed by atoms with E-state index in [-0.39, 0.29) is 0 Å². The molecule has 0 atom stereocenters. The second-order valence-electron chi connectivity index (χ2n) is 3.86. The van der Waals surface area contributed by atoms with Crippen LogP contribution < -0.4 is 17.0 Å². The first-order valence-corrected chi connectivity index (χ1v) is 5.24. The molecular weight excluding hydrogens is 234 g/mol. The number of aromatic nitrogens is 2. The largest absolute Gasteiger partial charge is 0.462 e. The van der Waals surface area contributed by atoms with Crippen molar-refractivity contribution in [3.63, 3.8) is 0 Å². The molecule has 0 saturated carbocycles. The Kier molecular flexibility index (Phi) is 2.09. The van der Waals surface area contributed by atoms with Gasteiger partial charge < -0.3 is 10.2 Å². The molecule has 0 aliphatic heterocycles. The van der Waals surface area contributed by atoms with E-state index in [1.165, 1.54) is 23.1 Å². The number of nitrogen functional groups attached to an aromatic ring is 1.